The van der Waals surface area contributed by atoms with Crippen LogP contribution in [0, 0.1) is 0 Å². The lowest BCUT2D eigenvalue weighted by molar-refractivity contribution is 0.498. The predicted molar refractivity (Wildman–Crippen MR) is 77.2 cm³/mol. The molecule has 1 rings (SSSR count). The van der Waals surface area contributed by atoms with E-state index in [1.54, 1.807) is 19.9 Å². The molecule has 0 aliphatic heterocycles. The molecule has 0 heterocycles. The maximum Gasteiger partial charge on any atom is 0.243 e. The van der Waals surface area contributed by atoms with E-state index in [1.165, 1.54) is 12.1 Å². The van der Waals surface area contributed by atoms with Gasteiger partial charge in [-0.05, 0) is 26.0 Å². The van der Waals surface area contributed by atoms with Crippen LogP contribution < -0.4 is 10.5 Å². The first kappa shape index (κ1) is 18.0. The fraction of sp³-hybridized carbons (Fsp3) is 0.400. The van der Waals surface area contributed by atoms with Crippen molar-refractivity contribution >= 4 is 45.6 Å². The van der Waals surface area contributed by atoms with Crippen molar-refractivity contribution in [2.45, 2.75) is 24.3 Å². The molecule has 4 nitrogen and oxygen atoms in total. The third kappa shape index (κ3) is 4.91. The summed E-state index contributed by atoms with van der Waals surface area (Å²) >= 11 is 11.7. The van der Waals surface area contributed by atoms with E-state index in [0.29, 0.717) is 0 Å². The Morgan fingerprint density at radius 2 is 1.72 bits per heavy atom. The second-order valence-corrected chi connectivity index (χ2v) is 6.88. The van der Waals surface area contributed by atoms with Crippen LogP contribution in [0.2, 0.25) is 10.0 Å². The van der Waals surface area contributed by atoms with Gasteiger partial charge >= 0.3 is 0 Å². The second kappa shape index (κ2) is 6.41. The van der Waals surface area contributed by atoms with Crippen LogP contribution in [0.4, 0.5) is 0 Å². The molecular weight excluding hydrogens is 319 g/mol. The summed E-state index contributed by atoms with van der Waals surface area (Å²) < 4.78 is 26.3. The minimum atomic E-state index is -3.75. The molecule has 0 aliphatic rings. The summed E-state index contributed by atoms with van der Waals surface area (Å²) in [5.74, 6) is 0. The number of benzene rings is 1. The van der Waals surface area contributed by atoms with E-state index >= 15 is 0 Å². The van der Waals surface area contributed by atoms with Gasteiger partial charge < -0.3 is 5.73 Å². The highest BCUT2D eigenvalue weighted by molar-refractivity contribution is 7.89. The predicted octanol–water partition coefficient (Wildman–Crippen LogP) is 2.43. The van der Waals surface area contributed by atoms with Crippen molar-refractivity contribution in [2.24, 2.45) is 5.73 Å². The van der Waals surface area contributed by atoms with Crippen LogP contribution in [-0.4, -0.2) is 20.5 Å². The molecule has 3 N–H and O–H groups in total. The van der Waals surface area contributed by atoms with Gasteiger partial charge in [0.15, 0.2) is 0 Å². The van der Waals surface area contributed by atoms with Crippen molar-refractivity contribution in [3.63, 3.8) is 0 Å². The van der Waals surface area contributed by atoms with E-state index in [9.17, 15) is 8.42 Å². The van der Waals surface area contributed by atoms with Crippen molar-refractivity contribution < 1.29 is 8.42 Å². The third-order valence-corrected chi connectivity index (χ3v) is 4.26. The van der Waals surface area contributed by atoms with Gasteiger partial charge in [0.1, 0.15) is 4.90 Å². The summed E-state index contributed by atoms with van der Waals surface area (Å²) in [5, 5.41) is 0.166. The summed E-state index contributed by atoms with van der Waals surface area (Å²) in [6.45, 7) is 3.52. The molecule has 0 fully saturated rings. The largest absolute Gasteiger partial charge is 0.324 e. The lowest BCUT2D eigenvalue weighted by Gasteiger charge is -2.19. The molecule has 0 aromatic heterocycles. The van der Waals surface area contributed by atoms with Crippen LogP contribution in [0.3, 0.4) is 0 Å². The zero-order valence-electron chi connectivity index (χ0n) is 9.91. The van der Waals surface area contributed by atoms with Crippen molar-refractivity contribution in [1.82, 2.24) is 4.72 Å². The molecule has 1 aromatic carbocycles. The number of nitrogens with one attached hydrogen (secondary N) is 1. The Hall–Kier alpha value is -0.0400. The van der Waals surface area contributed by atoms with Crippen molar-refractivity contribution in [1.29, 1.82) is 0 Å². The first-order valence-corrected chi connectivity index (χ1v) is 7.10. The monoisotopic (exact) mass is 332 g/mol. The molecule has 18 heavy (non-hydrogen) atoms. The lowest BCUT2D eigenvalue weighted by atomic mass is 10.1. The molecule has 0 spiro atoms. The topological polar surface area (TPSA) is 72.2 Å². The first-order valence-electron chi connectivity index (χ1n) is 4.86. The Morgan fingerprint density at radius 3 is 2.11 bits per heavy atom. The van der Waals surface area contributed by atoms with Gasteiger partial charge in [0.2, 0.25) is 10.0 Å². The number of sulfonamides is 1. The molecule has 0 saturated carbocycles. The summed E-state index contributed by atoms with van der Waals surface area (Å²) in [6, 6.07) is 4.52. The molecule has 104 valence electrons. The molecule has 1 aromatic rings. The number of halogens is 3. The van der Waals surface area contributed by atoms with Gasteiger partial charge in [0.05, 0.1) is 10.0 Å². The Kier molecular flexibility index (Phi) is 6.40. The van der Waals surface area contributed by atoms with Crippen LogP contribution in [0.1, 0.15) is 13.8 Å². The number of hydrogen-bond donors (Lipinski definition) is 2. The molecule has 0 radical (unpaired) electrons. The number of hydrogen-bond acceptors (Lipinski definition) is 3. The van der Waals surface area contributed by atoms with Crippen molar-refractivity contribution in [3.8, 4) is 0 Å². The van der Waals surface area contributed by atoms with Gasteiger partial charge in [-0.3, -0.25) is 0 Å². The van der Waals surface area contributed by atoms with Gasteiger partial charge in [-0.15, -0.1) is 12.4 Å². The normalized spacial score (nSPS) is 12.1. The highest BCUT2D eigenvalue weighted by Crippen LogP contribution is 2.28. The molecule has 0 bridgehead atoms. The standard InChI is InChI=1S/C10H14Cl2N2O2S.ClH/c1-10(2,13)6-14-17(15,16)9-7(11)4-3-5-8(9)12;/h3-5,14H,6,13H2,1-2H3;1H. The van der Waals surface area contributed by atoms with Gasteiger partial charge in [0.25, 0.3) is 0 Å². The molecule has 0 aliphatic carbocycles. The van der Waals surface area contributed by atoms with Crippen molar-refractivity contribution in [3.05, 3.63) is 28.2 Å². The molecule has 0 amide bonds. The smallest absolute Gasteiger partial charge is 0.243 e. The summed E-state index contributed by atoms with van der Waals surface area (Å²) in [5.41, 5.74) is 5.05. The average molecular weight is 334 g/mol. The van der Waals surface area contributed by atoms with Gasteiger partial charge in [-0.2, -0.15) is 0 Å². The van der Waals surface area contributed by atoms with Crippen LogP contribution in [-0.2, 0) is 10.0 Å². The fourth-order valence-corrected chi connectivity index (χ4v) is 3.46. The molecule has 0 unspecified atom stereocenters. The van der Waals surface area contributed by atoms with Crippen molar-refractivity contribution in [2.75, 3.05) is 6.54 Å². The molecule has 0 atom stereocenters. The van der Waals surface area contributed by atoms with Gasteiger partial charge in [-0.1, -0.05) is 29.3 Å². The average Bonchev–Trinajstić information content (AvgIpc) is 2.13. The summed E-state index contributed by atoms with van der Waals surface area (Å²) in [4.78, 5) is -0.118. The SMILES string of the molecule is CC(C)(N)CNS(=O)(=O)c1c(Cl)cccc1Cl.Cl. The highest BCUT2D eigenvalue weighted by atomic mass is 35.5. The second-order valence-electron chi connectivity index (χ2n) is 4.36. The zero-order valence-corrected chi connectivity index (χ0v) is 13.1. The van der Waals surface area contributed by atoms with E-state index in [4.69, 9.17) is 28.9 Å². The van der Waals surface area contributed by atoms with Crippen LogP contribution in [0.25, 0.3) is 0 Å². The molecular formula is C10H15Cl3N2O2S. The maximum atomic E-state index is 12.0. The Bertz CT molecular complexity index is 492. The zero-order chi connectivity index (χ0) is 13.3. The maximum absolute atomic E-state index is 12.0. The fourth-order valence-electron chi connectivity index (χ4n) is 1.09. The minimum absolute atomic E-state index is 0. The van der Waals surface area contributed by atoms with E-state index < -0.39 is 15.6 Å². The van der Waals surface area contributed by atoms with Crippen LogP contribution in [0.5, 0.6) is 0 Å². The first-order chi connectivity index (χ1) is 7.63. The van der Waals surface area contributed by atoms with Gasteiger partial charge in [-0.25, -0.2) is 13.1 Å². The van der Waals surface area contributed by atoms with E-state index in [0.717, 1.165) is 0 Å². The van der Waals surface area contributed by atoms with Gasteiger partial charge in [0, 0.05) is 12.1 Å². The van der Waals surface area contributed by atoms with Crippen LogP contribution >= 0.6 is 35.6 Å². The summed E-state index contributed by atoms with van der Waals surface area (Å²) in [6.07, 6.45) is 0. The Balaban J connectivity index is 0.00000289. The van der Waals surface area contributed by atoms with Crippen LogP contribution in [0.15, 0.2) is 23.1 Å². The lowest BCUT2D eigenvalue weighted by Crippen LogP contribution is -2.45. The van der Waals surface area contributed by atoms with E-state index in [2.05, 4.69) is 4.72 Å². The molecule has 8 heteroatoms. The summed E-state index contributed by atoms with van der Waals surface area (Å²) in [7, 11) is -3.75. The van der Waals surface area contributed by atoms with E-state index in [1.807, 2.05) is 0 Å². The Labute approximate surface area is 123 Å². The Morgan fingerprint density at radius 1 is 1.28 bits per heavy atom. The quantitative estimate of drug-likeness (QED) is 0.889. The highest BCUT2D eigenvalue weighted by Gasteiger charge is 2.23. The number of rotatable bonds is 4. The number of nitrogens with two attached hydrogens (primary N) is 1. The third-order valence-electron chi connectivity index (χ3n) is 1.91. The van der Waals surface area contributed by atoms with E-state index in [-0.39, 0.29) is 33.9 Å². The minimum Gasteiger partial charge on any atom is -0.324 e. The molecule has 0 saturated heterocycles.